The summed E-state index contributed by atoms with van der Waals surface area (Å²) in [6.07, 6.45) is 0. The maximum Gasteiger partial charge on any atom is 0.335 e. The molecule has 0 aliphatic rings. The standard InChI is InChI=1S/C11H10F2O5S/c1-2-18-9(14)5-19(17)10-7(12)3-6(11(15)16)4-8(10)13/h3-4H,2,5H2,1H3,(H,15,16). The summed E-state index contributed by atoms with van der Waals surface area (Å²) in [4.78, 5) is 20.8. The van der Waals surface area contributed by atoms with E-state index < -0.39 is 50.6 Å². The molecule has 0 bridgehead atoms. The van der Waals surface area contributed by atoms with Crippen LogP contribution in [0.2, 0.25) is 0 Å². The van der Waals surface area contributed by atoms with Crippen molar-refractivity contribution < 1.29 is 32.4 Å². The molecule has 0 amide bonds. The second-order valence-corrected chi connectivity index (χ2v) is 4.76. The number of rotatable bonds is 5. The van der Waals surface area contributed by atoms with Crippen molar-refractivity contribution in [3.63, 3.8) is 0 Å². The predicted molar refractivity (Wildman–Crippen MR) is 61.2 cm³/mol. The molecule has 0 fully saturated rings. The van der Waals surface area contributed by atoms with Gasteiger partial charge in [-0.25, -0.2) is 13.6 Å². The van der Waals surface area contributed by atoms with Gasteiger partial charge < -0.3 is 9.84 Å². The number of hydrogen-bond donors (Lipinski definition) is 1. The number of hydrogen-bond acceptors (Lipinski definition) is 4. The third kappa shape index (κ3) is 3.82. The molecule has 0 heterocycles. The van der Waals surface area contributed by atoms with Gasteiger partial charge in [0.15, 0.2) is 0 Å². The Morgan fingerprint density at radius 3 is 2.26 bits per heavy atom. The van der Waals surface area contributed by atoms with E-state index in [1.165, 1.54) is 6.92 Å². The molecule has 1 unspecified atom stereocenters. The molecular formula is C11H10F2O5S. The van der Waals surface area contributed by atoms with Crippen LogP contribution in [0.15, 0.2) is 17.0 Å². The van der Waals surface area contributed by atoms with Crippen LogP contribution in [0.1, 0.15) is 17.3 Å². The first-order chi connectivity index (χ1) is 8.86. The lowest BCUT2D eigenvalue weighted by Gasteiger charge is -2.06. The summed E-state index contributed by atoms with van der Waals surface area (Å²) >= 11 is 0. The number of carbonyl (C=O) groups excluding carboxylic acids is 1. The van der Waals surface area contributed by atoms with Gasteiger partial charge in [-0.1, -0.05) is 0 Å². The van der Waals surface area contributed by atoms with Gasteiger partial charge in [0.05, 0.1) is 23.0 Å². The minimum absolute atomic E-state index is 0.0545. The van der Waals surface area contributed by atoms with Gasteiger partial charge in [-0.05, 0) is 19.1 Å². The quantitative estimate of drug-likeness (QED) is 0.828. The zero-order chi connectivity index (χ0) is 14.6. The summed E-state index contributed by atoms with van der Waals surface area (Å²) in [7, 11) is -2.28. The van der Waals surface area contributed by atoms with Crippen molar-refractivity contribution in [1.29, 1.82) is 0 Å². The smallest absolute Gasteiger partial charge is 0.335 e. The predicted octanol–water partition coefficient (Wildman–Crippen LogP) is 1.33. The number of halogens is 2. The summed E-state index contributed by atoms with van der Waals surface area (Å²) in [5.74, 6) is -5.63. The van der Waals surface area contributed by atoms with Crippen LogP contribution >= 0.6 is 0 Å². The Labute approximate surface area is 109 Å². The summed E-state index contributed by atoms with van der Waals surface area (Å²) in [6, 6.07) is 1.09. The minimum Gasteiger partial charge on any atom is -0.478 e. The van der Waals surface area contributed by atoms with Gasteiger partial charge in [-0.2, -0.15) is 0 Å². The van der Waals surface area contributed by atoms with Crippen LogP contribution in [0, 0.1) is 11.6 Å². The van der Waals surface area contributed by atoms with Gasteiger partial charge in [0.25, 0.3) is 0 Å². The lowest BCUT2D eigenvalue weighted by atomic mass is 10.2. The van der Waals surface area contributed by atoms with Crippen molar-refractivity contribution in [2.75, 3.05) is 12.4 Å². The van der Waals surface area contributed by atoms with E-state index in [4.69, 9.17) is 5.11 Å². The largest absolute Gasteiger partial charge is 0.478 e. The highest BCUT2D eigenvalue weighted by Crippen LogP contribution is 2.19. The molecule has 1 atom stereocenters. The Bertz CT molecular complexity index is 521. The second kappa shape index (κ2) is 6.37. The number of aromatic carboxylic acids is 1. The zero-order valence-electron chi connectivity index (χ0n) is 9.81. The van der Waals surface area contributed by atoms with E-state index in [0.29, 0.717) is 12.1 Å². The van der Waals surface area contributed by atoms with Gasteiger partial charge >= 0.3 is 11.9 Å². The number of esters is 1. The van der Waals surface area contributed by atoms with E-state index in [-0.39, 0.29) is 6.61 Å². The molecular weight excluding hydrogens is 282 g/mol. The fraction of sp³-hybridized carbons (Fsp3) is 0.273. The molecule has 0 spiro atoms. The monoisotopic (exact) mass is 292 g/mol. The van der Waals surface area contributed by atoms with Gasteiger partial charge in [-0.3, -0.25) is 9.00 Å². The molecule has 104 valence electrons. The first-order valence-electron chi connectivity index (χ1n) is 5.13. The molecule has 0 radical (unpaired) electrons. The van der Waals surface area contributed by atoms with Crippen molar-refractivity contribution in [2.24, 2.45) is 0 Å². The number of benzene rings is 1. The molecule has 1 aromatic rings. The minimum atomic E-state index is -2.28. The van der Waals surface area contributed by atoms with Crippen LogP contribution in [-0.4, -0.2) is 33.6 Å². The van der Waals surface area contributed by atoms with Crippen molar-refractivity contribution in [3.05, 3.63) is 29.3 Å². The molecule has 1 rings (SSSR count). The third-order valence-corrected chi connectivity index (χ3v) is 3.37. The van der Waals surface area contributed by atoms with E-state index in [1.807, 2.05) is 0 Å². The highest BCUT2D eigenvalue weighted by molar-refractivity contribution is 7.85. The van der Waals surface area contributed by atoms with Crippen LogP contribution in [0.3, 0.4) is 0 Å². The Hall–Kier alpha value is -1.83. The topological polar surface area (TPSA) is 80.7 Å². The average Bonchev–Trinajstić information content (AvgIpc) is 2.27. The summed E-state index contributed by atoms with van der Waals surface area (Å²) in [5.41, 5.74) is -0.605. The molecule has 0 saturated carbocycles. The van der Waals surface area contributed by atoms with Crippen LogP contribution < -0.4 is 0 Å². The number of carboxylic acids is 1. The second-order valence-electron chi connectivity index (χ2n) is 3.37. The third-order valence-electron chi connectivity index (χ3n) is 2.03. The Balaban J connectivity index is 3.04. The van der Waals surface area contributed by atoms with Crippen LogP contribution in [0.25, 0.3) is 0 Å². The highest BCUT2D eigenvalue weighted by atomic mass is 32.2. The maximum absolute atomic E-state index is 13.5. The summed E-state index contributed by atoms with van der Waals surface area (Å²) in [6.45, 7) is 1.59. The van der Waals surface area contributed by atoms with Crippen molar-refractivity contribution in [1.82, 2.24) is 0 Å². The molecule has 19 heavy (non-hydrogen) atoms. The van der Waals surface area contributed by atoms with E-state index >= 15 is 0 Å². The Morgan fingerprint density at radius 1 is 1.32 bits per heavy atom. The maximum atomic E-state index is 13.5. The molecule has 1 N–H and O–H groups in total. The summed E-state index contributed by atoms with van der Waals surface area (Å²) in [5, 5.41) is 8.60. The van der Waals surface area contributed by atoms with Gasteiger partial charge in [0.1, 0.15) is 22.3 Å². The Morgan fingerprint density at radius 2 is 1.84 bits per heavy atom. The number of carboxylic acid groups (broad SMARTS) is 1. The number of ether oxygens (including phenoxy) is 1. The van der Waals surface area contributed by atoms with Gasteiger partial charge in [0.2, 0.25) is 0 Å². The fourth-order valence-corrected chi connectivity index (χ4v) is 2.28. The van der Waals surface area contributed by atoms with Gasteiger partial charge in [0, 0.05) is 0 Å². The first kappa shape index (κ1) is 15.2. The van der Waals surface area contributed by atoms with Crippen molar-refractivity contribution in [2.45, 2.75) is 11.8 Å². The Kier molecular flexibility index (Phi) is 5.11. The fourth-order valence-electron chi connectivity index (χ4n) is 1.28. The van der Waals surface area contributed by atoms with E-state index in [2.05, 4.69) is 4.74 Å². The molecule has 0 aromatic heterocycles. The first-order valence-corrected chi connectivity index (χ1v) is 6.45. The highest BCUT2D eigenvalue weighted by Gasteiger charge is 2.21. The van der Waals surface area contributed by atoms with E-state index in [9.17, 15) is 22.6 Å². The number of carbonyl (C=O) groups is 2. The molecule has 8 heteroatoms. The molecule has 0 aliphatic heterocycles. The molecule has 5 nitrogen and oxygen atoms in total. The zero-order valence-corrected chi connectivity index (χ0v) is 10.6. The van der Waals surface area contributed by atoms with Crippen LogP contribution in [0.5, 0.6) is 0 Å². The van der Waals surface area contributed by atoms with E-state index in [0.717, 1.165) is 0 Å². The normalized spacial score (nSPS) is 11.9. The molecule has 1 aromatic carbocycles. The summed E-state index contributed by atoms with van der Waals surface area (Å²) < 4.78 is 43.2. The SMILES string of the molecule is CCOC(=O)CS(=O)c1c(F)cc(C(=O)O)cc1F. The molecule has 0 aliphatic carbocycles. The van der Waals surface area contributed by atoms with Crippen LogP contribution in [-0.2, 0) is 20.3 Å². The molecule has 0 saturated heterocycles. The average molecular weight is 292 g/mol. The lowest BCUT2D eigenvalue weighted by molar-refractivity contribution is -0.139. The van der Waals surface area contributed by atoms with Crippen molar-refractivity contribution >= 4 is 22.7 Å². The van der Waals surface area contributed by atoms with Crippen LogP contribution in [0.4, 0.5) is 8.78 Å². The lowest BCUT2D eigenvalue weighted by Crippen LogP contribution is -2.16. The van der Waals surface area contributed by atoms with Gasteiger partial charge in [-0.15, -0.1) is 0 Å². The van der Waals surface area contributed by atoms with E-state index in [1.54, 1.807) is 0 Å². The van der Waals surface area contributed by atoms with Crippen molar-refractivity contribution in [3.8, 4) is 0 Å².